The molecular weight excluding hydrogens is 277 g/mol. The average molecular weight is 296 g/mol. The third-order valence-electron chi connectivity index (χ3n) is 5.81. The molecule has 0 amide bonds. The van der Waals surface area contributed by atoms with Crippen LogP contribution in [0.1, 0.15) is 12.8 Å². The van der Waals surface area contributed by atoms with Crippen molar-refractivity contribution >= 4 is 19.0 Å². The molecule has 1 aromatic carbocycles. The zero-order chi connectivity index (χ0) is 14.9. The van der Waals surface area contributed by atoms with E-state index in [4.69, 9.17) is 17.5 Å². The topological polar surface area (TPSA) is 36.3 Å². The van der Waals surface area contributed by atoms with E-state index < -0.39 is 0 Å². The second-order valence-corrected chi connectivity index (χ2v) is 7.10. The Bertz CT molecular complexity index is 766. The van der Waals surface area contributed by atoms with Gasteiger partial charge in [-0.3, -0.25) is 4.57 Å². The molecule has 5 heterocycles. The van der Waals surface area contributed by atoms with Crippen molar-refractivity contribution in [2.24, 2.45) is 5.92 Å². The summed E-state index contributed by atoms with van der Waals surface area (Å²) < 4.78 is 14.6. The lowest BCUT2D eigenvalue weighted by atomic mass is 9.71. The summed E-state index contributed by atoms with van der Waals surface area (Å²) >= 11 is 0. The first-order chi connectivity index (χ1) is 10.6. The number of piperidine rings is 3. The highest BCUT2D eigenvalue weighted by molar-refractivity contribution is 5.97. The number of rotatable bonds is 1. The molecule has 6 heteroatoms. The Morgan fingerprint density at radius 1 is 1.41 bits per heavy atom. The van der Waals surface area contributed by atoms with Crippen LogP contribution < -0.4 is 9.47 Å². The molecule has 4 aliphatic rings. The van der Waals surface area contributed by atoms with Crippen molar-refractivity contribution < 1.29 is 13.9 Å². The van der Waals surface area contributed by atoms with Gasteiger partial charge in [-0.05, 0) is 25.0 Å². The molecule has 1 unspecified atom stereocenters. The predicted molar refractivity (Wildman–Crippen MR) is 83.0 cm³/mol. The lowest BCUT2D eigenvalue weighted by molar-refractivity contribution is -0.845. The molecule has 3 radical (unpaired) electrons. The lowest BCUT2D eigenvalue weighted by Gasteiger charge is -2.64. The number of imidazole rings is 1. The molecule has 1 atom stereocenters. The van der Waals surface area contributed by atoms with Gasteiger partial charge in [0, 0.05) is 25.1 Å². The summed E-state index contributed by atoms with van der Waals surface area (Å²) in [7, 11) is 8.21. The van der Waals surface area contributed by atoms with E-state index in [1.54, 1.807) is 7.11 Å². The molecule has 1 aromatic heterocycles. The van der Waals surface area contributed by atoms with E-state index >= 15 is 0 Å². The number of methoxy groups -OCH3 is 1. The zero-order valence-electron chi connectivity index (χ0n) is 12.8. The molecule has 4 aliphatic heterocycles. The maximum absolute atomic E-state index is 6.52. The number of fused-ring (bicyclic) bond motifs is 5. The van der Waals surface area contributed by atoms with Gasteiger partial charge < -0.3 is 13.9 Å². The van der Waals surface area contributed by atoms with Crippen LogP contribution in [0.5, 0.6) is 11.8 Å². The maximum atomic E-state index is 6.52. The van der Waals surface area contributed by atoms with Crippen molar-refractivity contribution in [1.82, 2.24) is 9.55 Å². The Morgan fingerprint density at radius 3 is 2.95 bits per heavy atom. The molecule has 3 saturated heterocycles. The lowest BCUT2D eigenvalue weighted by Crippen LogP contribution is -2.69. The fourth-order valence-electron chi connectivity index (χ4n) is 4.64. The van der Waals surface area contributed by atoms with Crippen LogP contribution in [0.15, 0.2) is 18.2 Å². The van der Waals surface area contributed by atoms with E-state index in [1.165, 1.54) is 0 Å². The van der Waals surface area contributed by atoms with Gasteiger partial charge in [-0.25, -0.2) is 7.98 Å². The smallest absolute Gasteiger partial charge is 0.298 e. The second kappa shape index (κ2) is 3.99. The third kappa shape index (κ3) is 1.56. The van der Waals surface area contributed by atoms with Gasteiger partial charge in [0.15, 0.2) is 5.60 Å². The summed E-state index contributed by atoms with van der Waals surface area (Å²) in [5.74, 6) is 1.45. The summed E-state index contributed by atoms with van der Waals surface area (Å²) in [6.45, 7) is 3.90. The van der Waals surface area contributed by atoms with E-state index in [9.17, 15) is 0 Å². The van der Waals surface area contributed by atoms with E-state index in [2.05, 4.69) is 9.55 Å². The van der Waals surface area contributed by atoms with Gasteiger partial charge in [0.1, 0.15) is 5.75 Å². The van der Waals surface area contributed by atoms with Crippen molar-refractivity contribution in [1.29, 1.82) is 0 Å². The first kappa shape index (κ1) is 12.8. The van der Waals surface area contributed by atoms with Crippen molar-refractivity contribution in [3.63, 3.8) is 0 Å². The van der Waals surface area contributed by atoms with Crippen molar-refractivity contribution in [2.75, 3.05) is 26.7 Å². The van der Waals surface area contributed by atoms with Crippen LogP contribution in [0.25, 0.3) is 11.0 Å². The van der Waals surface area contributed by atoms with Gasteiger partial charge in [0.2, 0.25) is 0 Å². The Balaban J connectivity index is 1.58. The molecule has 113 valence electrons. The van der Waals surface area contributed by atoms with Crippen LogP contribution in [0.2, 0.25) is 0 Å². The average Bonchev–Trinajstić information content (AvgIpc) is 3.01. The van der Waals surface area contributed by atoms with E-state index in [-0.39, 0.29) is 5.60 Å². The summed E-state index contributed by atoms with van der Waals surface area (Å²) in [4.78, 5) is 4.66. The highest BCUT2D eigenvalue weighted by Gasteiger charge is 2.55. The predicted octanol–water partition coefficient (Wildman–Crippen LogP) is 1.50. The number of nitrogens with zero attached hydrogens (tertiary/aromatic N) is 3. The molecule has 1 spiro atoms. The van der Waals surface area contributed by atoms with Crippen molar-refractivity contribution in [3.8, 4) is 11.8 Å². The number of aromatic nitrogens is 2. The molecule has 0 N–H and O–H groups in total. The monoisotopic (exact) mass is 296 g/mol. The van der Waals surface area contributed by atoms with Crippen molar-refractivity contribution in [3.05, 3.63) is 18.2 Å². The first-order valence-electron chi connectivity index (χ1n) is 7.99. The number of benzene rings is 1. The first-order valence-corrected chi connectivity index (χ1v) is 7.99. The van der Waals surface area contributed by atoms with Gasteiger partial charge in [-0.15, -0.1) is 0 Å². The van der Waals surface area contributed by atoms with Gasteiger partial charge in [0.05, 0.1) is 31.2 Å². The maximum Gasteiger partial charge on any atom is 0.298 e. The molecule has 22 heavy (non-hydrogen) atoms. The number of hydrogen-bond acceptors (Lipinski definition) is 3. The molecular formula is C16H19BN3O2. The fourth-order valence-corrected chi connectivity index (χ4v) is 4.64. The fraction of sp³-hybridized carbons (Fsp3) is 0.562. The van der Waals surface area contributed by atoms with E-state index in [1.807, 2.05) is 18.2 Å². The summed E-state index contributed by atoms with van der Waals surface area (Å²) in [6, 6.07) is 6.71. The minimum absolute atomic E-state index is 0.162. The zero-order valence-corrected chi connectivity index (χ0v) is 12.8. The number of hydrogen-bond donors (Lipinski definition) is 0. The molecule has 2 aromatic rings. The Morgan fingerprint density at radius 2 is 2.23 bits per heavy atom. The van der Waals surface area contributed by atoms with Gasteiger partial charge >= 0.3 is 0 Å². The highest BCUT2D eigenvalue weighted by Crippen LogP contribution is 2.47. The van der Waals surface area contributed by atoms with Gasteiger partial charge in [-0.2, -0.15) is 4.98 Å². The van der Waals surface area contributed by atoms with E-state index in [0.29, 0.717) is 10.3 Å². The minimum atomic E-state index is -0.162. The second-order valence-electron chi connectivity index (χ2n) is 7.10. The quantitative estimate of drug-likeness (QED) is 0.748. The molecule has 5 nitrogen and oxygen atoms in total. The Hall–Kier alpha value is -1.69. The SMILES string of the molecule is [B-][N+]12CCC(CC1)C1(Cn3c(nc4ccc(OC)cc43)O1)C2. The standard InChI is InChI=1S/C16H19BN3O2/c1-21-12-2-3-13-14(8-12)19-9-16(22-15(19)18-13)10-20(17)6-4-11(16)5-7-20/h2-3,8,11H,4-7,9-10H2,1H3. The third-order valence-corrected chi connectivity index (χ3v) is 5.81. The van der Waals surface area contributed by atoms with Gasteiger partial charge in [-0.1, -0.05) is 0 Å². The number of quaternary nitrogens is 1. The van der Waals surface area contributed by atoms with Crippen LogP contribution in [0.3, 0.4) is 0 Å². The van der Waals surface area contributed by atoms with Gasteiger partial charge in [0.25, 0.3) is 6.01 Å². The van der Waals surface area contributed by atoms with Crippen LogP contribution in [-0.2, 0) is 6.54 Å². The molecule has 2 bridgehead atoms. The van der Waals surface area contributed by atoms with Crippen LogP contribution in [0, 0.1) is 5.92 Å². The van der Waals surface area contributed by atoms with Crippen LogP contribution >= 0.6 is 0 Å². The molecule has 0 aliphatic carbocycles. The summed E-state index contributed by atoms with van der Waals surface area (Å²) in [5.41, 5.74) is 1.89. The summed E-state index contributed by atoms with van der Waals surface area (Å²) in [5, 5.41) is 0. The number of ether oxygens (including phenoxy) is 2. The Kier molecular flexibility index (Phi) is 2.32. The largest absolute Gasteiger partial charge is 0.585 e. The minimum Gasteiger partial charge on any atom is -0.585 e. The molecule has 0 saturated carbocycles. The Labute approximate surface area is 130 Å². The molecule has 6 rings (SSSR count). The van der Waals surface area contributed by atoms with Crippen LogP contribution in [0.4, 0.5) is 0 Å². The van der Waals surface area contributed by atoms with E-state index in [0.717, 1.165) is 61.8 Å². The van der Waals surface area contributed by atoms with Crippen molar-refractivity contribution in [2.45, 2.75) is 25.0 Å². The molecule has 3 fully saturated rings. The normalized spacial score (nSPS) is 35.8. The highest BCUT2D eigenvalue weighted by atomic mass is 16.5. The van der Waals surface area contributed by atoms with Crippen LogP contribution in [-0.4, -0.2) is 54.3 Å². The summed E-state index contributed by atoms with van der Waals surface area (Å²) in [6.07, 6.45) is 2.31.